The minimum absolute atomic E-state index is 0.0562. The largest absolute Gasteiger partial charge is 0.396 e. The van der Waals surface area contributed by atoms with E-state index in [-0.39, 0.29) is 12.5 Å². The maximum atomic E-state index is 12.2. The van der Waals surface area contributed by atoms with Crippen molar-refractivity contribution in [2.24, 2.45) is 13.0 Å². The molecule has 0 bridgehead atoms. The van der Waals surface area contributed by atoms with E-state index in [9.17, 15) is 4.79 Å². The van der Waals surface area contributed by atoms with Crippen LogP contribution in [-0.2, 0) is 7.05 Å². The molecular formula is C12H19N3O2. The van der Waals surface area contributed by atoms with Crippen molar-refractivity contribution in [1.29, 1.82) is 0 Å². The van der Waals surface area contributed by atoms with Gasteiger partial charge in [0.1, 0.15) is 0 Å². The zero-order chi connectivity index (χ0) is 12.3. The van der Waals surface area contributed by atoms with Gasteiger partial charge in [0.15, 0.2) is 0 Å². The van der Waals surface area contributed by atoms with Crippen molar-refractivity contribution < 1.29 is 9.90 Å². The number of aliphatic hydroxyl groups excluding tert-OH is 1. The lowest BCUT2D eigenvalue weighted by Crippen LogP contribution is -2.40. The Balaban J connectivity index is 1.99. The molecule has 1 N–H and O–H groups in total. The fraction of sp³-hybridized carbons (Fsp3) is 0.667. The van der Waals surface area contributed by atoms with Crippen molar-refractivity contribution in [3.8, 4) is 0 Å². The summed E-state index contributed by atoms with van der Waals surface area (Å²) in [6, 6.07) is 0. The van der Waals surface area contributed by atoms with E-state index in [1.807, 2.05) is 11.9 Å². The Hall–Kier alpha value is -1.36. The van der Waals surface area contributed by atoms with Gasteiger partial charge in [0.2, 0.25) is 0 Å². The predicted molar refractivity (Wildman–Crippen MR) is 63.5 cm³/mol. The highest BCUT2D eigenvalue weighted by molar-refractivity contribution is 5.93. The van der Waals surface area contributed by atoms with E-state index < -0.39 is 0 Å². The van der Waals surface area contributed by atoms with E-state index >= 15 is 0 Å². The number of rotatable bonds is 3. The van der Waals surface area contributed by atoms with E-state index in [4.69, 9.17) is 5.11 Å². The van der Waals surface area contributed by atoms with Gasteiger partial charge in [-0.2, -0.15) is 5.10 Å². The topological polar surface area (TPSA) is 58.4 Å². The van der Waals surface area contributed by atoms with Gasteiger partial charge in [-0.1, -0.05) is 0 Å². The molecule has 1 aliphatic heterocycles. The maximum Gasteiger partial charge on any atom is 0.257 e. The standard InChI is InChI=1S/C12H19N3O2/c1-14-9-11(7-13-14)12(17)15-5-2-3-10(8-15)4-6-16/h7,9-10,16H,2-6,8H2,1H3. The summed E-state index contributed by atoms with van der Waals surface area (Å²) in [5.74, 6) is 0.495. The van der Waals surface area contributed by atoms with Gasteiger partial charge >= 0.3 is 0 Å². The van der Waals surface area contributed by atoms with Crippen LogP contribution in [0.5, 0.6) is 0 Å². The van der Waals surface area contributed by atoms with E-state index in [0.29, 0.717) is 11.5 Å². The van der Waals surface area contributed by atoms with Gasteiger partial charge in [-0.25, -0.2) is 0 Å². The van der Waals surface area contributed by atoms with Crippen LogP contribution in [0.3, 0.4) is 0 Å². The minimum Gasteiger partial charge on any atom is -0.396 e. The Kier molecular flexibility index (Phi) is 3.78. The summed E-state index contributed by atoms with van der Waals surface area (Å²) in [4.78, 5) is 14.0. The first kappa shape index (κ1) is 12.1. The van der Waals surface area contributed by atoms with Crippen molar-refractivity contribution in [2.75, 3.05) is 19.7 Å². The second kappa shape index (κ2) is 5.31. The third-order valence-electron chi connectivity index (χ3n) is 3.30. The number of carbonyl (C=O) groups excluding carboxylic acids is 1. The average molecular weight is 237 g/mol. The van der Waals surface area contributed by atoms with Crippen LogP contribution in [0.4, 0.5) is 0 Å². The van der Waals surface area contributed by atoms with Crippen LogP contribution >= 0.6 is 0 Å². The number of carbonyl (C=O) groups is 1. The summed E-state index contributed by atoms with van der Waals surface area (Å²) in [6.45, 7) is 1.78. The van der Waals surface area contributed by atoms with Gasteiger partial charge in [-0.15, -0.1) is 0 Å². The number of piperidine rings is 1. The van der Waals surface area contributed by atoms with E-state index in [0.717, 1.165) is 32.4 Å². The summed E-state index contributed by atoms with van der Waals surface area (Å²) in [6.07, 6.45) is 6.28. The van der Waals surface area contributed by atoms with Crippen molar-refractivity contribution in [2.45, 2.75) is 19.3 Å². The maximum absolute atomic E-state index is 12.2. The highest BCUT2D eigenvalue weighted by atomic mass is 16.3. The van der Waals surface area contributed by atoms with Crippen LogP contribution in [0.15, 0.2) is 12.4 Å². The fourth-order valence-electron chi connectivity index (χ4n) is 2.38. The SMILES string of the molecule is Cn1cc(C(=O)N2CCCC(CCO)C2)cn1. The molecule has 1 amide bonds. The van der Waals surface area contributed by atoms with Crippen molar-refractivity contribution >= 4 is 5.91 Å². The molecule has 2 heterocycles. The lowest BCUT2D eigenvalue weighted by atomic mass is 9.95. The molecule has 0 aromatic carbocycles. The van der Waals surface area contributed by atoms with Crippen LogP contribution in [-0.4, -0.2) is 45.4 Å². The van der Waals surface area contributed by atoms with Crippen molar-refractivity contribution in [3.63, 3.8) is 0 Å². The molecule has 5 heteroatoms. The van der Waals surface area contributed by atoms with Gasteiger partial charge in [-0.05, 0) is 25.2 Å². The molecule has 1 fully saturated rings. The monoisotopic (exact) mass is 237 g/mol. The Morgan fingerprint density at radius 2 is 2.47 bits per heavy atom. The number of likely N-dealkylation sites (tertiary alicyclic amines) is 1. The number of hydrogen-bond donors (Lipinski definition) is 1. The lowest BCUT2D eigenvalue weighted by Gasteiger charge is -2.32. The molecule has 17 heavy (non-hydrogen) atoms. The molecule has 1 aliphatic rings. The summed E-state index contributed by atoms with van der Waals surface area (Å²) in [7, 11) is 1.81. The zero-order valence-corrected chi connectivity index (χ0v) is 10.2. The Bertz CT molecular complexity index is 387. The normalized spacial score (nSPS) is 20.6. The third kappa shape index (κ3) is 2.85. The number of aromatic nitrogens is 2. The van der Waals surface area contributed by atoms with Crippen LogP contribution < -0.4 is 0 Å². The second-order valence-electron chi connectivity index (χ2n) is 4.67. The number of aliphatic hydroxyl groups is 1. The molecule has 0 spiro atoms. The summed E-state index contributed by atoms with van der Waals surface area (Å²) in [5.41, 5.74) is 0.650. The third-order valence-corrected chi connectivity index (χ3v) is 3.30. The van der Waals surface area contributed by atoms with Crippen LogP contribution in [0.1, 0.15) is 29.6 Å². The van der Waals surface area contributed by atoms with Crippen LogP contribution in [0.25, 0.3) is 0 Å². The van der Waals surface area contributed by atoms with Gasteiger partial charge in [0, 0.05) is 32.9 Å². The Morgan fingerprint density at radius 1 is 1.65 bits per heavy atom. The van der Waals surface area contributed by atoms with Crippen molar-refractivity contribution in [3.05, 3.63) is 18.0 Å². The molecule has 0 radical (unpaired) electrons. The molecule has 0 aliphatic carbocycles. The number of nitrogens with zero attached hydrogens (tertiary/aromatic N) is 3. The van der Waals surface area contributed by atoms with Crippen LogP contribution in [0.2, 0.25) is 0 Å². The minimum atomic E-state index is 0.0562. The quantitative estimate of drug-likeness (QED) is 0.840. The molecule has 94 valence electrons. The molecule has 1 aromatic heterocycles. The fourth-order valence-corrected chi connectivity index (χ4v) is 2.38. The summed E-state index contributed by atoms with van der Waals surface area (Å²) in [5, 5.41) is 13.0. The predicted octanol–water partition coefficient (Wildman–Crippen LogP) is 0.655. The van der Waals surface area contributed by atoms with Gasteiger partial charge in [0.25, 0.3) is 5.91 Å². The van der Waals surface area contributed by atoms with E-state index in [1.165, 1.54) is 0 Å². The number of hydrogen-bond acceptors (Lipinski definition) is 3. The smallest absolute Gasteiger partial charge is 0.257 e. The zero-order valence-electron chi connectivity index (χ0n) is 10.2. The molecule has 2 rings (SSSR count). The molecule has 1 saturated heterocycles. The first-order chi connectivity index (χ1) is 8.20. The highest BCUT2D eigenvalue weighted by Crippen LogP contribution is 2.20. The lowest BCUT2D eigenvalue weighted by molar-refractivity contribution is 0.0653. The summed E-state index contributed by atoms with van der Waals surface area (Å²) < 4.78 is 1.64. The molecule has 0 saturated carbocycles. The number of aryl methyl sites for hydroxylation is 1. The van der Waals surface area contributed by atoms with Gasteiger partial charge in [-0.3, -0.25) is 9.48 Å². The van der Waals surface area contributed by atoms with Gasteiger partial charge in [0.05, 0.1) is 11.8 Å². The number of amides is 1. The first-order valence-corrected chi connectivity index (χ1v) is 6.09. The van der Waals surface area contributed by atoms with E-state index in [2.05, 4.69) is 5.10 Å². The average Bonchev–Trinajstić information content (AvgIpc) is 2.76. The van der Waals surface area contributed by atoms with Crippen molar-refractivity contribution in [1.82, 2.24) is 14.7 Å². The summed E-state index contributed by atoms with van der Waals surface area (Å²) >= 11 is 0. The molecular weight excluding hydrogens is 218 g/mol. The van der Waals surface area contributed by atoms with E-state index in [1.54, 1.807) is 17.1 Å². The second-order valence-corrected chi connectivity index (χ2v) is 4.67. The Morgan fingerprint density at radius 3 is 3.12 bits per heavy atom. The molecule has 1 aromatic rings. The highest BCUT2D eigenvalue weighted by Gasteiger charge is 2.24. The first-order valence-electron chi connectivity index (χ1n) is 6.09. The molecule has 1 atom stereocenters. The molecule has 5 nitrogen and oxygen atoms in total. The molecule has 1 unspecified atom stereocenters. The van der Waals surface area contributed by atoms with Crippen LogP contribution in [0, 0.1) is 5.92 Å². The Labute approximate surface area is 101 Å². The van der Waals surface area contributed by atoms with Gasteiger partial charge < -0.3 is 10.0 Å².